The molecule has 1 amide bonds. The molecule has 1 aromatic rings. The lowest BCUT2D eigenvalue weighted by molar-refractivity contribution is -0.121. The summed E-state index contributed by atoms with van der Waals surface area (Å²) in [6, 6.07) is 7.72. The second kappa shape index (κ2) is 8.59. The van der Waals surface area contributed by atoms with Gasteiger partial charge >= 0.3 is 0 Å². The number of carbonyl (C=O) groups is 1. The van der Waals surface area contributed by atoms with Crippen LogP contribution in [-0.2, 0) is 11.2 Å². The first-order valence-electron chi connectivity index (χ1n) is 7.32. The highest BCUT2D eigenvalue weighted by atomic mass is 16.3. The molecule has 4 heteroatoms. The van der Waals surface area contributed by atoms with E-state index >= 15 is 0 Å². The van der Waals surface area contributed by atoms with Crippen molar-refractivity contribution in [3.05, 3.63) is 29.8 Å². The van der Waals surface area contributed by atoms with Crippen molar-refractivity contribution in [2.24, 2.45) is 0 Å². The molecule has 20 heavy (non-hydrogen) atoms. The van der Waals surface area contributed by atoms with Crippen LogP contribution in [0, 0.1) is 0 Å². The fraction of sp³-hybridized carbons (Fsp3) is 0.562. The Hall–Kier alpha value is -1.55. The van der Waals surface area contributed by atoms with Crippen LogP contribution in [0.1, 0.15) is 39.2 Å². The van der Waals surface area contributed by atoms with Gasteiger partial charge in [-0.1, -0.05) is 19.1 Å². The van der Waals surface area contributed by atoms with Gasteiger partial charge in [0.2, 0.25) is 5.91 Å². The van der Waals surface area contributed by atoms with Crippen molar-refractivity contribution >= 4 is 5.91 Å². The Morgan fingerprint density at radius 3 is 2.45 bits per heavy atom. The van der Waals surface area contributed by atoms with Crippen LogP contribution < -0.4 is 10.6 Å². The standard InChI is InChI=1S/C16H26N2O2/c1-4-12(2)17-11-16(20)18-13(3)5-6-14-7-9-15(19)10-8-14/h7-10,12-13,17,19H,4-6,11H2,1-3H3,(H,18,20). The van der Waals surface area contributed by atoms with Crippen molar-refractivity contribution in [3.63, 3.8) is 0 Å². The molecule has 4 nitrogen and oxygen atoms in total. The van der Waals surface area contributed by atoms with Crippen LogP contribution in [0.3, 0.4) is 0 Å². The minimum Gasteiger partial charge on any atom is -0.508 e. The Labute approximate surface area is 121 Å². The molecule has 1 rings (SSSR count). The van der Waals surface area contributed by atoms with Gasteiger partial charge in [0.15, 0.2) is 0 Å². The quantitative estimate of drug-likeness (QED) is 0.683. The molecule has 0 radical (unpaired) electrons. The number of phenols is 1. The molecule has 3 N–H and O–H groups in total. The predicted octanol–water partition coefficient (Wildman–Crippen LogP) is 2.22. The topological polar surface area (TPSA) is 61.4 Å². The summed E-state index contributed by atoms with van der Waals surface area (Å²) in [4.78, 5) is 11.7. The van der Waals surface area contributed by atoms with Gasteiger partial charge in [-0.25, -0.2) is 0 Å². The number of amides is 1. The Kier molecular flexibility index (Phi) is 7.09. The van der Waals surface area contributed by atoms with E-state index in [4.69, 9.17) is 0 Å². The molecular formula is C16H26N2O2. The van der Waals surface area contributed by atoms with Gasteiger partial charge in [0.1, 0.15) is 5.75 Å². The molecule has 112 valence electrons. The molecule has 0 aromatic heterocycles. The summed E-state index contributed by atoms with van der Waals surface area (Å²) in [6.07, 6.45) is 2.80. The normalized spacial score (nSPS) is 13.8. The third-order valence-electron chi connectivity index (χ3n) is 3.43. The number of carbonyl (C=O) groups excluding carboxylic acids is 1. The maximum absolute atomic E-state index is 11.7. The maximum Gasteiger partial charge on any atom is 0.234 e. The molecule has 2 atom stereocenters. The molecule has 0 aliphatic carbocycles. The zero-order valence-electron chi connectivity index (χ0n) is 12.6. The lowest BCUT2D eigenvalue weighted by Crippen LogP contribution is -2.41. The second-order valence-electron chi connectivity index (χ2n) is 5.36. The number of aromatic hydroxyl groups is 1. The smallest absolute Gasteiger partial charge is 0.234 e. The van der Waals surface area contributed by atoms with E-state index in [1.807, 2.05) is 19.1 Å². The Morgan fingerprint density at radius 2 is 1.85 bits per heavy atom. The van der Waals surface area contributed by atoms with Crippen molar-refractivity contribution in [1.82, 2.24) is 10.6 Å². The zero-order valence-corrected chi connectivity index (χ0v) is 12.6. The van der Waals surface area contributed by atoms with Crippen molar-refractivity contribution in [2.45, 2.75) is 52.1 Å². The van der Waals surface area contributed by atoms with Crippen LogP contribution in [0.25, 0.3) is 0 Å². The van der Waals surface area contributed by atoms with Gasteiger partial charge in [-0.3, -0.25) is 4.79 Å². The molecule has 0 spiro atoms. The molecule has 2 unspecified atom stereocenters. The summed E-state index contributed by atoms with van der Waals surface area (Å²) in [7, 11) is 0. The summed E-state index contributed by atoms with van der Waals surface area (Å²) in [5.41, 5.74) is 1.17. The molecular weight excluding hydrogens is 252 g/mol. The first-order chi connectivity index (χ1) is 9.51. The maximum atomic E-state index is 11.7. The number of phenolic OH excluding ortho intramolecular Hbond substituents is 1. The Balaban J connectivity index is 2.24. The summed E-state index contributed by atoms with van der Waals surface area (Å²) in [5, 5.41) is 15.4. The third-order valence-corrected chi connectivity index (χ3v) is 3.43. The molecule has 0 heterocycles. The highest BCUT2D eigenvalue weighted by Gasteiger charge is 2.08. The monoisotopic (exact) mass is 278 g/mol. The Morgan fingerprint density at radius 1 is 1.20 bits per heavy atom. The zero-order chi connectivity index (χ0) is 15.0. The van der Waals surface area contributed by atoms with Gasteiger partial charge in [-0.2, -0.15) is 0 Å². The van der Waals surface area contributed by atoms with Gasteiger partial charge in [0.25, 0.3) is 0 Å². The number of nitrogens with one attached hydrogen (secondary N) is 2. The average molecular weight is 278 g/mol. The molecule has 1 aromatic carbocycles. The second-order valence-corrected chi connectivity index (χ2v) is 5.36. The van der Waals surface area contributed by atoms with Gasteiger partial charge in [-0.15, -0.1) is 0 Å². The van der Waals surface area contributed by atoms with E-state index < -0.39 is 0 Å². The molecule has 0 aliphatic rings. The average Bonchev–Trinajstić information content (AvgIpc) is 2.44. The lowest BCUT2D eigenvalue weighted by atomic mass is 10.1. The molecule has 0 aliphatic heterocycles. The number of hydrogen-bond donors (Lipinski definition) is 3. The van der Waals surface area contributed by atoms with Crippen LogP contribution in [0.5, 0.6) is 5.75 Å². The van der Waals surface area contributed by atoms with Crippen LogP contribution in [0.4, 0.5) is 0 Å². The van der Waals surface area contributed by atoms with Crippen LogP contribution in [0.15, 0.2) is 24.3 Å². The summed E-state index contributed by atoms with van der Waals surface area (Å²) < 4.78 is 0. The molecule has 0 fully saturated rings. The number of aryl methyl sites for hydroxylation is 1. The summed E-state index contributed by atoms with van der Waals surface area (Å²) in [6.45, 7) is 6.55. The van der Waals surface area contributed by atoms with Gasteiger partial charge in [0, 0.05) is 12.1 Å². The SMILES string of the molecule is CCC(C)NCC(=O)NC(C)CCc1ccc(O)cc1. The molecule has 0 saturated carbocycles. The summed E-state index contributed by atoms with van der Waals surface area (Å²) >= 11 is 0. The Bertz CT molecular complexity index is 403. The van der Waals surface area contributed by atoms with E-state index in [0.717, 1.165) is 19.3 Å². The number of hydrogen-bond acceptors (Lipinski definition) is 3. The van der Waals surface area contributed by atoms with E-state index in [1.165, 1.54) is 5.56 Å². The predicted molar refractivity (Wildman–Crippen MR) is 81.8 cm³/mol. The van der Waals surface area contributed by atoms with Crippen LogP contribution >= 0.6 is 0 Å². The molecule has 0 bridgehead atoms. The highest BCUT2D eigenvalue weighted by Crippen LogP contribution is 2.11. The fourth-order valence-corrected chi connectivity index (χ4v) is 1.86. The number of benzene rings is 1. The van der Waals surface area contributed by atoms with E-state index in [9.17, 15) is 9.90 Å². The highest BCUT2D eigenvalue weighted by molar-refractivity contribution is 5.78. The summed E-state index contributed by atoms with van der Waals surface area (Å²) in [5.74, 6) is 0.328. The van der Waals surface area contributed by atoms with Crippen molar-refractivity contribution in [3.8, 4) is 5.75 Å². The fourth-order valence-electron chi connectivity index (χ4n) is 1.86. The third kappa shape index (κ3) is 6.57. The van der Waals surface area contributed by atoms with Crippen molar-refractivity contribution in [1.29, 1.82) is 0 Å². The van der Waals surface area contributed by atoms with Crippen LogP contribution in [0.2, 0.25) is 0 Å². The number of rotatable bonds is 8. The van der Waals surface area contributed by atoms with Crippen molar-refractivity contribution < 1.29 is 9.90 Å². The van der Waals surface area contributed by atoms with Gasteiger partial charge in [-0.05, 0) is 50.8 Å². The van der Waals surface area contributed by atoms with E-state index in [1.54, 1.807) is 12.1 Å². The first kappa shape index (κ1) is 16.5. The minimum absolute atomic E-state index is 0.0449. The van der Waals surface area contributed by atoms with E-state index in [2.05, 4.69) is 24.5 Å². The molecule has 0 saturated heterocycles. The largest absolute Gasteiger partial charge is 0.508 e. The van der Waals surface area contributed by atoms with E-state index in [0.29, 0.717) is 12.6 Å². The van der Waals surface area contributed by atoms with Crippen molar-refractivity contribution in [2.75, 3.05) is 6.54 Å². The lowest BCUT2D eigenvalue weighted by Gasteiger charge is -2.16. The van der Waals surface area contributed by atoms with Gasteiger partial charge < -0.3 is 15.7 Å². The minimum atomic E-state index is 0.0449. The van der Waals surface area contributed by atoms with E-state index in [-0.39, 0.29) is 17.7 Å². The first-order valence-corrected chi connectivity index (χ1v) is 7.32. The van der Waals surface area contributed by atoms with Gasteiger partial charge in [0.05, 0.1) is 6.54 Å². The van der Waals surface area contributed by atoms with Crippen LogP contribution in [-0.4, -0.2) is 29.6 Å².